The predicted octanol–water partition coefficient (Wildman–Crippen LogP) is 3.63. The number of unbranched alkanes of at least 4 members (excludes halogenated alkanes) is 3. The van der Waals surface area contributed by atoms with Crippen LogP contribution in [-0.2, 0) is 13.2 Å². The van der Waals surface area contributed by atoms with Crippen molar-refractivity contribution >= 4 is 0 Å². The number of aliphatic hydroxyl groups excluding tert-OH is 1. The van der Waals surface area contributed by atoms with Crippen molar-refractivity contribution in [1.82, 2.24) is 5.32 Å². The molecule has 0 saturated carbocycles. The molecule has 102 valence electrons. The Balaban J connectivity index is 2.18. The molecule has 0 aliphatic rings. The van der Waals surface area contributed by atoms with Gasteiger partial charge >= 0.3 is 0 Å². The van der Waals surface area contributed by atoms with Gasteiger partial charge in [0.2, 0.25) is 0 Å². The molecule has 2 heteroatoms. The molecule has 0 amide bonds. The molecular weight excluding hydrogens is 222 g/mol. The first-order valence-corrected chi connectivity index (χ1v) is 7.18. The summed E-state index contributed by atoms with van der Waals surface area (Å²) in [7, 11) is 0. The van der Waals surface area contributed by atoms with E-state index in [1.54, 1.807) is 0 Å². The van der Waals surface area contributed by atoms with Gasteiger partial charge in [0.25, 0.3) is 0 Å². The maximum absolute atomic E-state index is 8.97. The van der Waals surface area contributed by atoms with Gasteiger partial charge in [-0.1, -0.05) is 56.9 Å². The molecule has 0 radical (unpaired) electrons. The number of aliphatic hydroxyl groups is 1. The standard InChI is InChI=1S/C16H27NO/c1-3-4-5-6-7-14(2)17-12-15-8-10-16(13-18)11-9-15/h8-11,14,17-18H,3-7,12-13H2,1-2H3. The summed E-state index contributed by atoms with van der Waals surface area (Å²) in [5.41, 5.74) is 2.26. The third-order valence-electron chi connectivity index (χ3n) is 3.35. The minimum absolute atomic E-state index is 0.127. The Kier molecular flexibility index (Phi) is 7.70. The van der Waals surface area contributed by atoms with Crippen LogP contribution in [0.4, 0.5) is 0 Å². The average molecular weight is 249 g/mol. The monoisotopic (exact) mass is 249 g/mol. The summed E-state index contributed by atoms with van der Waals surface area (Å²) in [6, 6.07) is 8.73. The van der Waals surface area contributed by atoms with Crippen LogP contribution < -0.4 is 5.32 Å². The molecule has 1 aromatic carbocycles. The molecule has 1 unspecified atom stereocenters. The van der Waals surface area contributed by atoms with Crippen molar-refractivity contribution in [3.63, 3.8) is 0 Å². The van der Waals surface area contributed by atoms with Crippen molar-refractivity contribution in [1.29, 1.82) is 0 Å². The zero-order chi connectivity index (χ0) is 13.2. The van der Waals surface area contributed by atoms with E-state index in [4.69, 9.17) is 5.11 Å². The van der Waals surface area contributed by atoms with Gasteiger partial charge in [0.15, 0.2) is 0 Å². The minimum atomic E-state index is 0.127. The lowest BCUT2D eigenvalue weighted by Crippen LogP contribution is -2.25. The molecular formula is C16H27NO. The van der Waals surface area contributed by atoms with Crippen LogP contribution in [0.5, 0.6) is 0 Å². The second-order valence-corrected chi connectivity index (χ2v) is 5.11. The molecule has 1 aromatic rings. The summed E-state index contributed by atoms with van der Waals surface area (Å²) in [6.07, 6.45) is 6.60. The summed E-state index contributed by atoms with van der Waals surface area (Å²) in [4.78, 5) is 0. The SMILES string of the molecule is CCCCCCC(C)NCc1ccc(CO)cc1. The summed E-state index contributed by atoms with van der Waals surface area (Å²) in [5.74, 6) is 0. The van der Waals surface area contributed by atoms with Crippen molar-refractivity contribution in [2.75, 3.05) is 0 Å². The van der Waals surface area contributed by atoms with E-state index in [-0.39, 0.29) is 6.61 Å². The molecule has 0 aromatic heterocycles. The molecule has 1 rings (SSSR count). The Morgan fingerprint density at radius 1 is 1.06 bits per heavy atom. The molecule has 0 aliphatic heterocycles. The average Bonchev–Trinajstić information content (AvgIpc) is 2.42. The van der Waals surface area contributed by atoms with Gasteiger partial charge in [-0.25, -0.2) is 0 Å². The highest BCUT2D eigenvalue weighted by atomic mass is 16.3. The van der Waals surface area contributed by atoms with Crippen LogP contribution in [0.25, 0.3) is 0 Å². The Morgan fingerprint density at radius 2 is 1.72 bits per heavy atom. The van der Waals surface area contributed by atoms with Crippen LogP contribution in [-0.4, -0.2) is 11.1 Å². The third-order valence-corrected chi connectivity index (χ3v) is 3.35. The first-order chi connectivity index (χ1) is 8.76. The van der Waals surface area contributed by atoms with Crippen LogP contribution in [0.15, 0.2) is 24.3 Å². The fourth-order valence-corrected chi connectivity index (χ4v) is 2.03. The summed E-state index contributed by atoms with van der Waals surface area (Å²) in [5, 5.41) is 12.5. The van der Waals surface area contributed by atoms with Gasteiger partial charge in [-0.05, 0) is 24.5 Å². The molecule has 0 saturated heterocycles. The van der Waals surface area contributed by atoms with Gasteiger partial charge in [0.1, 0.15) is 0 Å². The topological polar surface area (TPSA) is 32.3 Å². The van der Waals surface area contributed by atoms with E-state index in [1.807, 2.05) is 12.1 Å². The van der Waals surface area contributed by atoms with Crippen molar-refractivity contribution in [2.24, 2.45) is 0 Å². The molecule has 0 bridgehead atoms. The highest BCUT2D eigenvalue weighted by molar-refractivity contribution is 5.21. The van der Waals surface area contributed by atoms with Crippen LogP contribution in [0.1, 0.15) is 57.1 Å². The first-order valence-electron chi connectivity index (χ1n) is 7.18. The molecule has 1 atom stereocenters. The molecule has 0 heterocycles. The highest BCUT2D eigenvalue weighted by Gasteiger charge is 2.01. The van der Waals surface area contributed by atoms with Gasteiger partial charge in [-0.15, -0.1) is 0 Å². The van der Waals surface area contributed by atoms with Gasteiger partial charge in [-0.2, -0.15) is 0 Å². The molecule has 0 aliphatic carbocycles. The zero-order valence-corrected chi connectivity index (χ0v) is 11.8. The number of hydrogen-bond donors (Lipinski definition) is 2. The normalized spacial score (nSPS) is 12.6. The van der Waals surface area contributed by atoms with Crippen molar-refractivity contribution < 1.29 is 5.11 Å². The maximum atomic E-state index is 8.97. The number of benzene rings is 1. The van der Waals surface area contributed by atoms with E-state index in [1.165, 1.54) is 37.7 Å². The number of rotatable bonds is 9. The highest BCUT2D eigenvalue weighted by Crippen LogP contribution is 2.07. The number of hydrogen-bond acceptors (Lipinski definition) is 2. The lowest BCUT2D eigenvalue weighted by atomic mass is 10.1. The third kappa shape index (κ3) is 6.18. The van der Waals surface area contributed by atoms with E-state index in [2.05, 4.69) is 31.3 Å². The van der Waals surface area contributed by atoms with Gasteiger partial charge in [-0.3, -0.25) is 0 Å². The smallest absolute Gasteiger partial charge is 0.0681 e. The molecule has 2 N–H and O–H groups in total. The molecule has 2 nitrogen and oxygen atoms in total. The molecule has 0 fully saturated rings. The summed E-state index contributed by atoms with van der Waals surface area (Å²) < 4.78 is 0. The van der Waals surface area contributed by atoms with Crippen LogP contribution in [0.2, 0.25) is 0 Å². The largest absolute Gasteiger partial charge is 0.392 e. The summed E-state index contributed by atoms with van der Waals surface area (Å²) >= 11 is 0. The minimum Gasteiger partial charge on any atom is -0.392 e. The van der Waals surface area contributed by atoms with Crippen molar-refractivity contribution in [3.8, 4) is 0 Å². The fraction of sp³-hybridized carbons (Fsp3) is 0.625. The lowest BCUT2D eigenvalue weighted by molar-refractivity contribution is 0.282. The fourth-order valence-electron chi connectivity index (χ4n) is 2.03. The molecule has 0 spiro atoms. The van der Waals surface area contributed by atoms with Gasteiger partial charge in [0.05, 0.1) is 6.61 Å². The van der Waals surface area contributed by atoms with Gasteiger partial charge in [0, 0.05) is 12.6 Å². The van der Waals surface area contributed by atoms with Crippen LogP contribution in [0.3, 0.4) is 0 Å². The van der Waals surface area contributed by atoms with E-state index >= 15 is 0 Å². The summed E-state index contributed by atoms with van der Waals surface area (Å²) in [6.45, 7) is 5.55. The van der Waals surface area contributed by atoms with Crippen LogP contribution in [0, 0.1) is 0 Å². The maximum Gasteiger partial charge on any atom is 0.0681 e. The Morgan fingerprint density at radius 3 is 2.33 bits per heavy atom. The van der Waals surface area contributed by atoms with Gasteiger partial charge < -0.3 is 10.4 Å². The van der Waals surface area contributed by atoms with Crippen molar-refractivity contribution in [3.05, 3.63) is 35.4 Å². The van der Waals surface area contributed by atoms with E-state index < -0.39 is 0 Å². The lowest BCUT2D eigenvalue weighted by Gasteiger charge is -2.13. The quantitative estimate of drug-likeness (QED) is 0.655. The van der Waals surface area contributed by atoms with Crippen molar-refractivity contribution in [2.45, 2.75) is 65.1 Å². The van der Waals surface area contributed by atoms with Crippen LogP contribution >= 0.6 is 0 Å². The first kappa shape index (κ1) is 15.2. The number of nitrogens with one attached hydrogen (secondary N) is 1. The zero-order valence-electron chi connectivity index (χ0n) is 11.8. The second-order valence-electron chi connectivity index (χ2n) is 5.11. The predicted molar refractivity (Wildman–Crippen MR) is 77.4 cm³/mol. The second kappa shape index (κ2) is 9.12. The van der Waals surface area contributed by atoms with E-state index in [0.29, 0.717) is 6.04 Å². The molecule has 18 heavy (non-hydrogen) atoms. The van der Waals surface area contributed by atoms with E-state index in [0.717, 1.165) is 12.1 Å². The Bertz CT molecular complexity index is 307. The van der Waals surface area contributed by atoms with E-state index in [9.17, 15) is 0 Å². The Hall–Kier alpha value is -0.860. The Labute approximate surface area is 111 Å².